The highest BCUT2D eigenvalue weighted by atomic mass is 19.4. The van der Waals surface area contributed by atoms with Gasteiger partial charge in [-0.2, -0.15) is 13.2 Å². The molecule has 0 aromatic heterocycles. The van der Waals surface area contributed by atoms with Crippen molar-refractivity contribution < 1.29 is 17.9 Å². The van der Waals surface area contributed by atoms with Crippen LogP contribution in [-0.4, -0.2) is 26.4 Å². The molecule has 0 aliphatic carbocycles. The second-order valence-corrected chi connectivity index (χ2v) is 4.54. The zero-order valence-electron chi connectivity index (χ0n) is 11.1. The van der Waals surface area contributed by atoms with Gasteiger partial charge < -0.3 is 10.1 Å². The molecular formula is C15H16F3NO. The monoisotopic (exact) mass is 283 g/mol. The maximum absolute atomic E-state index is 12.1. The van der Waals surface area contributed by atoms with Crippen molar-refractivity contribution in [1.29, 1.82) is 0 Å². The summed E-state index contributed by atoms with van der Waals surface area (Å²) in [6, 6.07) is 13.3. The third kappa shape index (κ3) is 3.71. The van der Waals surface area contributed by atoms with Crippen LogP contribution in [0.4, 0.5) is 13.2 Å². The van der Waals surface area contributed by atoms with Gasteiger partial charge in [-0.05, 0) is 23.4 Å². The molecular weight excluding hydrogens is 267 g/mol. The largest absolute Gasteiger partial charge is 0.411 e. The number of hydrogen-bond donors (Lipinski definition) is 1. The Morgan fingerprint density at radius 3 is 2.50 bits per heavy atom. The molecule has 2 rings (SSSR count). The minimum atomic E-state index is -4.29. The number of likely N-dealkylation sites (N-methyl/N-ethyl adjacent to an activating group) is 1. The van der Waals surface area contributed by atoms with Crippen molar-refractivity contribution in [3.63, 3.8) is 0 Å². The molecule has 1 unspecified atom stereocenters. The molecule has 0 aliphatic rings. The van der Waals surface area contributed by atoms with Crippen LogP contribution in [0.3, 0.4) is 0 Å². The third-order valence-corrected chi connectivity index (χ3v) is 3.10. The number of alkyl halides is 3. The maximum Gasteiger partial charge on any atom is 0.411 e. The first kappa shape index (κ1) is 14.8. The SMILES string of the molecule is CNC(COCC(F)(F)F)c1cccc2ccccc12. The number of hydrogen-bond acceptors (Lipinski definition) is 2. The van der Waals surface area contributed by atoms with Crippen molar-refractivity contribution >= 4 is 10.8 Å². The molecule has 0 amide bonds. The lowest BCUT2D eigenvalue weighted by atomic mass is 9.99. The molecule has 1 N–H and O–H groups in total. The van der Waals surface area contributed by atoms with E-state index in [1.54, 1.807) is 7.05 Å². The molecule has 0 fully saturated rings. The Morgan fingerprint density at radius 1 is 1.10 bits per heavy atom. The first-order valence-corrected chi connectivity index (χ1v) is 6.30. The lowest BCUT2D eigenvalue weighted by Crippen LogP contribution is -2.25. The topological polar surface area (TPSA) is 21.3 Å². The van der Waals surface area contributed by atoms with Gasteiger partial charge in [0.2, 0.25) is 0 Å². The van der Waals surface area contributed by atoms with Crippen LogP contribution >= 0.6 is 0 Å². The van der Waals surface area contributed by atoms with Crippen molar-refractivity contribution in [3.8, 4) is 0 Å². The summed E-state index contributed by atoms with van der Waals surface area (Å²) in [5.74, 6) is 0. The first-order valence-electron chi connectivity index (χ1n) is 6.30. The van der Waals surface area contributed by atoms with E-state index in [4.69, 9.17) is 4.74 Å². The lowest BCUT2D eigenvalue weighted by molar-refractivity contribution is -0.175. The molecule has 108 valence electrons. The van der Waals surface area contributed by atoms with Gasteiger partial charge in [0.1, 0.15) is 6.61 Å². The van der Waals surface area contributed by atoms with Crippen molar-refractivity contribution in [2.24, 2.45) is 0 Å². The van der Waals surface area contributed by atoms with E-state index in [0.29, 0.717) is 0 Å². The number of fused-ring (bicyclic) bond motifs is 1. The molecule has 2 aromatic rings. The van der Waals surface area contributed by atoms with E-state index in [-0.39, 0.29) is 12.6 Å². The Balaban J connectivity index is 2.17. The van der Waals surface area contributed by atoms with Crippen molar-refractivity contribution in [3.05, 3.63) is 48.0 Å². The molecule has 2 aromatic carbocycles. The van der Waals surface area contributed by atoms with Crippen LogP contribution in [0.2, 0.25) is 0 Å². The van der Waals surface area contributed by atoms with Gasteiger partial charge in [-0.1, -0.05) is 42.5 Å². The summed E-state index contributed by atoms with van der Waals surface area (Å²) in [7, 11) is 1.71. The molecule has 2 nitrogen and oxygen atoms in total. The fraction of sp³-hybridized carbons (Fsp3) is 0.333. The quantitative estimate of drug-likeness (QED) is 0.903. The Kier molecular flexibility index (Phi) is 4.62. The van der Waals surface area contributed by atoms with Crippen molar-refractivity contribution in [2.45, 2.75) is 12.2 Å². The van der Waals surface area contributed by atoms with Crippen LogP contribution in [-0.2, 0) is 4.74 Å². The number of halogens is 3. The van der Waals surface area contributed by atoms with E-state index in [1.165, 1.54) is 0 Å². The average Bonchev–Trinajstić information content (AvgIpc) is 2.42. The molecule has 0 spiro atoms. The summed E-state index contributed by atoms with van der Waals surface area (Å²) in [6.45, 7) is -1.25. The molecule has 0 saturated heterocycles. The summed E-state index contributed by atoms with van der Waals surface area (Å²) >= 11 is 0. The van der Waals surface area contributed by atoms with Gasteiger partial charge in [-0.15, -0.1) is 0 Å². The molecule has 5 heteroatoms. The van der Waals surface area contributed by atoms with Gasteiger partial charge in [-0.25, -0.2) is 0 Å². The predicted octanol–water partition coefficient (Wildman–Crippen LogP) is 3.68. The second-order valence-electron chi connectivity index (χ2n) is 4.54. The number of rotatable bonds is 5. The van der Waals surface area contributed by atoms with Crippen LogP contribution in [0, 0.1) is 0 Å². The molecule has 20 heavy (non-hydrogen) atoms. The lowest BCUT2D eigenvalue weighted by Gasteiger charge is -2.19. The van der Waals surface area contributed by atoms with Crippen molar-refractivity contribution in [1.82, 2.24) is 5.32 Å². The fourth-order valence-electron chi connectivity index (χ4n) is 2.18. The molecule has 1 atom stereocenters. The van der Waals surface area contributed by atoms with Gasteiger partial charge >= 0.3 is 6.18 Å². The zero-order chi connectivity index (χ0) is 14.6. The van der Waals surface area contributed by atoms with Gasteiger partial charge in [0, 0.05) is 0 Å². The highest BCUT2D eigenvalue weighted by molar-refractivity contribution is 5.86. The third-order valence-electron chi connectivity index (χ3n) is 3.10. The molecule has 0 saturated carbocycles. The standard InChI is InChI=1S/C15H16F3NO/c1-19-14(9-20-10-15(16,17)18)13-8-4-6-11-5-2-3-7-12(11)13/h2-8,14,19H,9-10H2,1H3. The first-order chi connectivity index (χ1) is 9.51. The number of nitrogens with one attached hydrogen (secondary N) is 1. The second kappa shape index (κ2) is 6.24. The molecule has 0 bridgehead atoms. The van der Waals surface area contributed by atoms with Gasteiger partial charge in [0.15, 0.2) is 0 Å². The summed E-state index contributed by atoms with van der Waals surface area (Å²) in [5, 5.41) is 5.08. The van der Waals surface area contributed by atoms with Crippen LogP contribution in [0.25, 0.3) is 10.8 Å². The molecule has 0 heterocycles. The maximum atomic E-state index is 12.1. The highest BCUT2D eigenvalue weighted by Gasteiger charge is 2.28. The van der Waals surface area contributed by atoms with Gasteiger partial charge in [0.05, 0.1) is 12.6 Å². The minimum Gasteiger partial charge on any atom is -0.370 e. The van der Waals surface area contributed by atoms with E-state index < -0.39 is 12.8 Å². The van der Waals surface area contributed by atoms with Gasteiger partial charge in [-0.3, -0.25) is 0 Å². The van der Waals surface area contributed by atoms with E-state index in [1.807, 2.05) is 42.5 Å². The van der Waals surface area contributed by atoms with E-state index >= 15 is 0 Å². The van der Waals surface area contributed by atoms with Crippen molar-refractivity contribution in [2.75, 3.05) is 20.3 Å². The smallest absolute Gasteiger partial charge is 0.370 e. The zero-order valence-corrected chi connectivity index (χ0v) is 11.1. The molecule has 0 aliphatic heterocycles. The fourth-order valence-corrected chi connectivity index (χ4v) is 2.18. The van der Waals surface area contributed by atoms with Crippen LogP contribution in [0.15, 0.2) is 42.5 Å². The summed E-state index contributed by atoms with van der Waals surface area (Å²) in [5.41, 5.74) is 0.938. The Hall–Kier alpha value is -1.59. The minimum absolute atomic E-state index is 0.0238. The Morgan fingerprint density at radius 2 is 1.80 bits per heavy atom. The summed E-state index contributed by atoms with van der Waals surface area (Å²) < 4.78 is 41.1. The Labute approximate surface area is 115 Å². The summed E-state index contributed by atoms with van der Waals surface area (Å²) in [4.78, 5) is 0. The van der Waals surface area contributed by atoms with Gasteiger partial charge in [0.25, 0.3) is 0 Å². The molecule has 0 radical (unpaired) electrons. The average molecular weight is 283 g/mol. The van der Waals surface area contributed by atoms with E-state index in [2.05, 4.69) is 5.32 Å². The summed E-state index contributed by atoms with van der Waals surface area (Å²) in [6.07, 6.45) is -4.29. The highest BCUT2D eigenvalue weighted by Crippen LogP contribution is 2.25. The normalized spacial score (nSPS) is 13.6. The van der Waals surface area contributed by atoms with Crippen LogP contribution in [0.1, 0.15) is 11.6 Å². The van der Waals surface area contributed by atoms with Crippen LogP contribution < -0.4 is 5.32 Å². The predicted molar refractivity (Wildman–Crippen MR) is 72.6 cm³/mol. The Bertz CT molecular complexity index is 563. The van der Waals surface area contributed by atoms with E-state index in [9.17, 15) is 13.2 Å². The van der Waals surface area contributed by atoms with Crippen LogP contribution in [0.5, 0.6) is 0 Å². The van der Waals surface area contributed by atoms with E-state index in [0.717, 1.165) is 16.3 Å². The number of ether oxygens (including phenoxy) is 1. The number of benzene rings is 2.